The van der Waals surface area contributed by atoms with Crippen LogP contribution in [0.25, 0.3) is 0 Å². The van der Waals surface area contributed by atoms with Crippen LogP contribution in [-0.2, 0) is 14.8 Å². The normalized spacial score (nSPS) is 11.6. The molecule has 0 atom stereocenters. The largest absolute Gasteiger partial charge is 0.289 e. The molecule has 0 radical (unpaired) electrons. The number of carbonyl (C=O) groups excluding carboxylic acids is 1. The van der Waals surface area contributed by atoms with Crippen LogP contribution >= 0.6 is 0 Å². The van der Waals surface area contributed by atoms with E-state index in [1.54, 1.807) is 12.1 Å². The zero-order valence-electron chi connectivity index (χ0n) is 11.0. The maximum atomic E-state index is 12.3. The van der Waals surface area contributed by atoms with Gasteiger partial charge in [-0.2, -0.15) is 4.31 Å². The van der Waals surface area contributed by atoms with Gasteiger partial charge in [-0.15, -0.1) is 0 Å². The van der Waals surface area contributed by atoms with Gasteiger partial charge in [0.05, 0.1) is 11.4 Å². The number of aryl methyl sites for hydroxylation is 1. The predicted molar refractivity (Wildman–Crippen MR) is 70.2 cm³/mol. The number of hydrogen-bond acceptors (Lipinski definition) is 4. The Bertz CT molecular complexity index is 525. The molecule has 2 N–H and O–H groups in total. The Morgan fingerprint density at radius 1 is 1.32 bits per heavy atom. The van der Waals surface area contributed by atoms with Crippen molar-refractivity contribution in [2.24, 2.45) is 0 Å². The molecule has 106 valence electrons. The first-order valence-corrected chi connectivity index (χ1v) is 7.35. The molecule has 6 nitrogen and oxygen atoms in total. The second kappa shape index (κ2) is 6.65. The van der Waals surface area contributed by atoms with Crippen LogP contribution < -0.4 is 5.48 Å². The minimum Gasteiger partial charge on any atom is -0.289 e. The predicted octanol–water partition coefficient (Wildman–Crippen LogP) is 0.901. The molecule has 0 heterocycles. The second-order valence-corrected chi connectivity index (χ2v) is 6.12. The van der Waals surface area contributed by atoms with E-state index in [1.165, 1.54) is 17.6 Å². The minimum atomic E-state index is -3.72. The Morgan fingerprint density at radius 2 is 1.89 bits per heavy atom. The molecule has 1 amide bonds. The third-order valence-corrected chi connectivity index (χ3v) is 4.44. The highest BCUT2D eigenvalue weighted by Crippen LogP contribution is 2.16. The molecule has 0 fully saturated rings. The van der Waals surface area contributed by atoms with E-state index in [9.17, 15) is 13.2 Å². The molecule has 0 aliphatic carbocycles. The first-order valence-electron chi connectivity index (χ1n) is 5.91. The molecule has 0 aliphatic rings. The number of carbonyl (C=O) groups is 1. The van der Waals surface area contributed by atoms with Crippen molar-refractivity contribution < 1.29 is 18.4 Å². The SMILES string of the molecule is CCCN(CC(=O)NO)S(=O)(=O)c1ccc(C)cc1. The van der Waals surface area contributed by atoms with Crippen LogP contribution in [0, 0.1) is 6.92 Å². The summed E-state index contributed by atoms with van der Waals surface area (Å²) in [6.45, 7) is 3.48. The van der Waals surface area contributed by atoms with E-state index in [0.29, 0.717) is 6.42 Å². The summed E-state index contributed by atoms with van der Waals surface area (Å²) in [5.74, 6) is -0.760. The minimum absolute atomic E-state index is 0.136. The van der Waals surface area contributed by atoms with Gasteiger partial charge in [0.25, 0.3) is 5.91 Å². The van der Waals surface area contributed by atoms with E-state index in [0.717, 1.165) is 9.87 Å². The number of nitrogens with zero attached hydrogens (tertiary/aromatic N) is 1. The fourth-order valence-electron chi connectivity index (χ4n) is 1.59. The number of hydrogen-bond donors (Lipinski definition) is 2. The monoisotopic (exact) mass is 286 g/mol. The summed E-state index contributed by atoms with van der Waals surface area (Å²) in [5.41, 5.74) is 2.39. The lowest BCUT2D eigenvalue weighted by Gasteiger charge is -2.20. The molecule has 0 spiro atoms. The van der Waals surface area contributed by atoms with Gasteiger partial charge in [-0.3, -0.25) is 10.0 Å². The summed E-state index contributed by atoms with van der Waals surface area (Å²) in [7, 11) is -3.72. The van der Waals surface area contributed by atoms with Crippen molar-refractivity contribution in [3.05, 3.63) is 29.8 Å². The van der Waals surface area contributed by atoms with Crippen molar-refractivity contribution in [2.45, 2.75) is 25.2 Å². The van der Waals surface area contributed by atoms with Crippen molar-refractivity contribution in [3.8, 4) is 0 Å². The fraction of sp³-hybridized carbons (Fsp3) is 0.417. The third-order valence-electron chi connectivity index (χ3n) is 2.58. The van der Waals surface area contributed by atoms with Crippen molar-refractivity contribution >= 4 is 15.9 Å². The first kappa shape index (κ1) is 15.6. The standard InChI is InChI=1S/C12H18N2O4S/c1-3-8-14(9-12(15)13-16)19(17,18)11-6-4-10(2)5-7-11/h4-7,16H,3,8-9H2,1-2H3,(H,13,15). The number of rotatable bonds is 6. The van der Waals surface area contributed by atoms with Crippen LogP contribution in [0.4, 0.5) is 0 Å². The third kappa shape index (κ3) is 4.02. The quantitative estimate of drug-likeness (QED) is 0.601. The van der Waals surface area contributed by atoms with E-state index < -0.39 is 22.5 Å². The molecule has 7 heteroatoms. The van der Waals surface area contributed by atoms with Gasteiger partial charge in [-0.1, -0.05) is 24.6 Å². The summed E-state index contributed by atoms with van der Waals surface area (Å²) in [5, 5.41) is 8.50. The maximum absolute atomic E-state index is 12.3. The van der Waals surface area contributed by atoms with Crippen LogP contribution in [0.3, 0.4) is 0 Å². The zero-order chi connectivity index (χ0) is 14.5. The number of nitrogens with one attached hydrogen (secondary N) is 1. The molecular weight excluding hydrogens is 268 g/mol. The summed E-state index contributed by atoms with van der Waals surface area (Å²) in [6, 6.07) is 6.40. The zero-order valence-corrected chi connectivity index (χ0v) is 11.8. The fourth-order valence-corrected chi connectivity index (χ4v) is 3.08. The van der Waals surface area contributed by atoms with Crippen molar-refractivity contribution in [1.29, 1.82) is 0 Å². The Morgan fingerprint density at radius 3 is 2.37 bits per heavy atom. The van der Waals surface area contributed by atoms with Gasteiger partial charge >= 0.3 is 0 Å². The van der Waals surface area contributed by atoms with E-state index >= 15 is 0 Å². The lowest BCUT2D eigenvalue weighted by atomic mass is 10.2. The Labute approximate surface area is 113 Å². The Hall–Kier alpha value is -1.44. The summed E-state index contributed by atoms with van der Waals surface area (Å²) >= 11 is 0. The van der Waals surface area contributed by atoms with Gasteiger partial charge in [0.2, 0.25) is 10.0 Å². The molecule has 1 aromatic carbocycles. The van der Waals surface area contributed by atoms with Crippen molar-refractivity contribution in [1.82, 2.24) is 9.79 Å². The van der Waals surface area contributed by atoms with E-state index in [2.05, 4.69) is 0 Å². The van der Waals surface area contributed by atoms with Crippen LogP contribution in [0.1, 0.15) is 18.9 Å². The highest BCUT2D eigenvalue weighted by molar-refractivity contribution is 7.89. The number of sulfonamides is 1. The molecule has 0 unspecified atom stereocenters. The highest BCUT2D eigenvalue weighted by atomic mass is 32.2. The summed E-state index contributed by atoms with van der Waals surface area (Å²) in [6.07, 6.45) is 0.573. The van der Waals surface area contributed by atoms with Crippen molar-refractivity contribution in [3.63, 3.8) is 0 Å². The van der Waals surface area contributed by atoms with Crippen LogP contribution in [0.2, 0.25) is 0 Å². The smallest absolute Gasteiger partial charge is 0.258 e. The van der Waals surface area contributed by atoms with Gasteiger partial charge in [0, 0.05) is 6.54 Å². The summed E-state index contributed by atoms with van der Waals surface area (Å²) in [4.78, 5) is 11.3. The van der Waals surface area contributed by atoms with Gasteiger partial charge in [0.1, 0.15) is 0 Å². The summed E-state index contributed by atoms with van der Waals surface area (Å²) < 4.78 is 25.7. The lowest BCUT2D eigenvalue weighted by Crippen LogP contribution is -2.40. The highest BCUT2D eigenvalue weighted by Gasteiger charge is 2.25. The van der Waals surface area contributed by atoms with E-state index in [-0.39, 0.29) is 11.4 Å². The number of hydroxylamine groups is 1. The van der Waals surface area contributed by atoms with Crippen LogP contribution in [-0.4, -0.2) is 36.9 Å². The lowest BCUT2D eigenvalue weighted by molar-refractivity contribution is -0.129. The molecule has 19 heavy (non-hydrogen) atoms. The van der Waals surface area contributed by atoms with Gasteiger partial charge in [-0.05, 0) is 25.5 Å². The maximum Gasteiger partial charge on any atom is 0.258 e. The molecule has 0 bridgehead atoms. The topological polar surface area (TPSA) is 86.7 Å². The van der Waals surface area contributed by atoms with Crippen molar-refractivity contribution in [2.75, 3.05) is 13.1 Å². The molecule has 1 rings (SSSR count). The van der Waals surface area contributed by atoms with Gasteiger partial charge in [-0.25, -0.2) is 13.9 Å². The molecule has 0 aliphatic heterocycles. The molecule has 0 saturated heterocycles. The van der Waals surface area contributed by atoms with Gasteiger partial charge in [0.15, 0.2) is 0 Å². The second-order valence-electron chi connectivity index (χ2n) is 4.19. The van der Waals surface area contributed by atoms with E-state index in [1.807, 2.05) is 13.8 Å². The number of benzene rings is 1. The van der Waals surface area contributed by atoms with E-state index in [4.69, 9.17) is 5.21 Å². The van der Waals surface area contributed by atoms with Crippen LogP contribution in [0.5, 0.6) is 0 Å². The molecule has 1 aromatic rings. The average Bonchev–Trinajstić information content (AvgIpc) is 2.38. The molecule has 0 aromatic heterocycles. The van der Waals surface area contributed by atoms with Gasteiger partial charge < -0.3 is 0 Å². The Kier molecular flexibility index (Phi) is 5.46. The molecular formula is C12H18N2O4S. The average molecular weight is 286 g/mol. The van der Waals surface area contributed by atoms with Crippen LogP contribution in [0.15, 0.2) is 29.2 Å². The molecule has 0 saturated carbocycles. The first-order chi connectivity index (χ1) is 8.91. The Balaban J connectivity index is 3.05. The number of amides is 1.